The smallest absolute Gasteiger partial charge is 0.156 e. The summed E-state index contributed by atoms with van der Waals surface area (Å²) < 4.78 is 0. The first kappa shape index (κ1) is 8.87. The lowest BCUT2D eigenvalue weighted by molar-refractivity contribution is 0.782. The predicted molar refractivity (Wildman–Crippen MR) is 51.1 cm³/mol. The van der Waals surface area contributed by atoms with E-state index in [2.05, 4.69) is 10.3 Å². The molecular weight excluding hydrogens is 158 g/mol. The van der Waals surface area contributed by atoms with Crippen molar-refractivity contribution in [3.05, 3.63) is 0 Å². The maximum atomic E-state index is 5.36. The van der Waals surface area contributed by atoms with Crippen LogP contribution >= 0.6 is 11.8 Å². The predicted octanol–water partition coefficient (Wildman–Crippen LogP) is 0.418. The summed E-state index contributed by atoms with van der Waals surface area (Å²) >= 11 is 1.81. The van der Waals surface area contributed by atoms with E-state index >= 15 is 0 Å². The van der Waals surface area contributed by atoms with Crippen molar-refractivity contribution >= 4 is 16.9 Å². The zero-order chi connectivity index (χ0) is 7.94. The third-order valence-electron chi connectivity index (χ3n) is 1.45. The number of rotatable bonds is 3. The van der Waals surface area contributed by atoms with Crippen LogP contribution in [0.2, 0.25) is 0 Å². The number of aliphatic imine (C=N–C) groups is 1. The van der Waals surface area contributed by atoms with Crippen LogP contribution in [0.1, 0.15) is 12.8 Å². The van der Waals surface area contributed by atoms with Gasteiger partial charge in [-0.25, -0.2) is 0 Å². The van der Waals surface area contributed by atoms with E-state index in [0.717, 1.165) is 31.2 Å². The minimum Gasteiger partial charge on any atom is -0.365 e. The summed E-state index contributed by atoms with van der Waals surface area (Å²) in [6, 6.07) is 0. The summed E-state index contributed by atoms with van der Waals surface area (Å²) in [4.78, 5) is 4.33. The van der Waals surface area contributed by atoms with Crippen LogP contribution in [0, 0.1) is 0 Å². The third-order valence-corrected chi connectivity index (χ3v) is 2.49. The molecule has 0 unspecified atom stereocenters. The summed E-state index contributed by atoms with van der Waals surface area (Å²) in [7, 11) is 0. The molecule has 0 aromatic heterocycles. The number of amidine groups is 1. The minimum atomic E-state index is 0.755. The van der Waals surface area contributed by atoms with Crippen molar-refractivity contribution in [3.63, 3.8) is 0 Å². The molecule has 0 spiro atoms. The van der Waals surface area contributed by atoms with Crippen molar-refractivity contribution in [2.24, 2.45) is 10.7 Å². The summed E-state index contributed by atoms with van der Waals surface area (Å²) in [5.74, 6) is 1.20. The highest BCUT2D eigenvalue weighted by atomic mass is 32.2. The van der Waals surface area contributed by atoms with Gasteiger partial charge in [0.05, 0.1) is 0 Å². The molecule has 0 aromatic carbocycles. The van der Waals surface area contributed by atoms with E-state index in [-0.39, 0.29) is 0 Å². The molecule has 0 radical (unpaired) electrons. The molecule has 3 nitrogen and oxygen atoms in total. The first-order chi connectivity index (χ1) is 5.43. The number of nitrogens with zero attached hydrogens (tertiary/aromatic N) is 1. The van der Waals surface area contributed by atoms with Crippen LogP contribution in [-0.4, -0.2) is 30.6 Å². The van der Waals surface area contributed by atoms with E-state index in [1.807, 2.05) is 11.8 Å². The molecule has 0 amide bonds. The molecule has 0 aromatic rings. The number of hydrogen-bond donors (Lipinski definition) is 2. The van der Waals surface area contributed by atoms with E-state index < -0.39 is 0 Å². The fourth-order valence-electron chi connectivity index (χ4n) is 0.864. The quantitative estimate of drug-likeness (QED) is 0.608. The van der Waals surface area contributed by atoms with Crippen LogP contribution in [0.4, 0.5) is 0 Å². The van der Waals surface area contributed by atoms with Crippen molar-refractivity contribution in [3.8, 4) is 0 Å². The highest BCUT2D eigenvalue weighted by Gasteiger charge is 2.03. The second kappa shape index (κ2) is 5.43. The second-order valence-corrected chi connectivity index (χ2v) is 3.54. The van der Waals surface area contributed by atoms with Gasteiger partial charge in [0, 0.05) is 18.8 Å². The number of thioether (sulfide) groups is 1. The van der Waals surface area contributed by atoms with E-state index in [4.69, 9.17) is 5.73 Å². The van der Waals surface area contributed by atoms with E-state index in [9.17, 15) is 0 Å². The topological polar surface area (TPSA) is 50.4 Å². The van der Waals surface area contributed by atoms with Crippen LogP contribution in [0.15, 0.2) is 4.99 Å². The van der Waals surface area contributed by atoms with Crippen molar-refractivity contribution < 1.29 is 0 Å². The van der Waals surface area contributed by atoms with E-state index in [0.29, 0.717) is 0 Å². The fraction of sp³-hybridized carbons (Fsp3) is 0.857. The molecule has 1 aliphatic heterocycles. The number of hydrogen-bond acceptors (Lipinski definition) is 4. The molecule has 64 valence electrons. The van der Waals surface area contributed by atoms with Gasteiger partial charge < -0.3 is 11.1 Å². The van der Waals surface area contributed by atoms with Crippen molar-refractivity contribution in [2.75, 3.05) is 25.4 Å². The largest absolute Gasteiger partial charge is 0.365 e. The Bertz CT molecular complexity index is 136. The standard InChI is InChI=1S/C7H15N3S/c8-3-1-4-9-7-10-5-2-6-11-7/h1-6,8H2,(H,9,10). The molecule has 0 atom stereocenters. The minimum absolute atomic E-state index is 0.755. The Balaban J connectivity index is 2.09. The van der Waals surface area contributed by atoms with Gasteiger partial charge in [0.1, 0.15) is 0 Å². The van der Waals surface area contributed by atoms with Gasteiger partial charge in [0.25, 0.3) is 0 Å². The first-order valence-corrected chi connectivity index (χ1v) is 5.03. The molecule has 4 heteroatoms. The Morgan fingerprint density at radius 3 is 3.18 bits per heavy atom. The molecule has 1 aliphatic rings. The van der Waals surface area contributed by atoms with E-state index in [1.54, 1.807) is 0 Å². The normalized spacial score (nSPS) is 17.7. The van der Waals surface area contributed by atoms with Crippen LogP contribution < -0.4 is 11.1 Å². The van der Waals surface area contributed by atoms with Gasteiger partial charge >= 0.3 is 0 Å². The maximum absolute atomic E-state index is 5.36. The fourth-order valence-corrected chi connectivity index (χ4v) is 1.72. The molecule has 1 heterocycles. The van der Waals surface area contributed by atoms with Crippen molar-refractivity contribution in [1.82, 2.24) is 5.32 Å². The van der Waals surface area contributed by atoms with Gasteiger partial charge in [-0.3, -0.25) is 4.99 Å². The second-order valence-electron chi connectivity index (χ2n) is 2.46. The monoisotopic (exact) mass is 173 g/mol. The molecule has 3 N–H and O–H groups in total. The Labute approximate surface area is 71.8 Å². The Morgan fingerprint density at radius 1 is 1.64 bits per heavy atom. The Kier molecular flexibility index (Phi) is 4.38. The number of nitrogens with one attached hydrogen (secondary N) is 1. The number of nitrogens with two attached hydrogens (primary N) is 1. The molecule has 0 bridgehead atoms. The Morgan fingerprint density at radius 2 is 2.55 bits per heavy atom. The van der Waals surface area contributed by atoms with Gasteiger partial charge in [-0.05, 0) is 19.4 Å². The first-order valence-electron chi connectivity index (χ1n) is 4.04. The van der Waals surface area contributed by atoms with Gasteiger partial charge in [0.15, 0.2) is 5.17 Å². The van der Waals surface area contributed by atoms with Crippen LogP contribution in [0.5, 0.6) is 0 Å². The highest BCUT2D eigenvalue weighted by Crippen LogP contribution is 2.09. The van der Waals surface area contributed by atoms with Crippen molar-refractivity contribution in [1.29, 1.82) is 0 Å². The average Bonchev–Trinajstić information content (AvgIpc) is 2.07. The van der Waals surface area contributed by atoms with Gasteiger partial charge in [-0.2, -0.15) is 0 Å². The zero-order valence-corrected chi connectivity index (χ0v) is 7.49. The lowest BCUT2D eigenvalue weighted by Crippen LogP contribution is -2.25. The summed E-state index contributed by atoms with van der Waals surface area (Å²) in [6.45, 7) is 2.70. The van der Waals surface area contributed by atoms with Crippen LogP contribution in [-0.2, 0) is 0 Å². The lowest BCUT2D eigenvalue weighted by Gasteiger charge is -2.12. The van der Waals surface area contributed by atoms with Crippen LogP contribution in [0.25, 0.3) is 0 Å². The lowest BCUT2D eigenvalue weighted by atomic mass is 10.4. The van der Waals surface area contributed by atoms with Gasteiger partial charge in [0.2, 0.25) is 0 Å². The van der Waals surface area contributed by atoms with Gasteiger partial charge in [-0.1, -0.05) is 11.8 Å². The third kappa shape index (κ3) is 3.62. The Hall–Kier alpha value is -0.220. The molecule has 1 rings (SSSR count). The highest BCUT2D eigenvalue weighted by molar-refractivity contribution is 8.13. The molecule has 0 fully saturated rings. The molecule has 0 saturated heterocycles. The van der Waals surface area contributed by atoms with Gasteiger partial charge in [-0.15, -0.1) is 0 Å². The van der Waals surface area contributed by atoms with Crippen LogP contribution in [0.3, 0.4) is 0 Å². The maximum Gasteiger partial charge on any atom is 0.156 e. The van der Waals surface area contributed by atoms with E-state index in [1.165, 1.54) is 12.2 Å². The summed E-state index contributed by atoms with van der Waals surface area (Å²) in [5, 5.41) is 4.36. The molecule has 0 saturated carbocycles. The molecule has 11 heavy (non-hydrogen) atoms. The summed E-state index contributed by atoms with van der Waals surface area (Å²) in [6.07, 6.45) is 2.24. The molecule has 0 aliphatic carbocycles. The summed E-state index contributed by atoms with van der Waals surface area (Å²) in [5.41, 5.74) is 5.36. The SMILES string of the molecule is NCCCNC1=NCCCS1. The average molecular weight is 173 g/mol. The molecular formula is C7H15N3S. The zero-order valence-electron chi connectivity index (χ0n) is 6.68. The van der Waals surface area contributed by atoms with Crippen molar-refractivity contribution in [2.45, 2.75) is 12.8 Å².